The second kappa shape index (κ2) is 14.3. The Labute approximate surface area is 319 Å². The van der Waals surface area contributed by atoms with E-state index in [9.17, 15) is 24.3 Å². The van der Waals surface area contributed by atoms with Gasteiger partial charge in [0.05, 0.1) is 31.2 Å². The van der Waals surface area contributed by atoms with Crippen molar-refractivity contribution in [2.45, 2.75) is 63.1 Å². The number of fused-ring (bicyclic) bond motifs is 4. The maximum Gasteiger partial charge on any atom is 0.264 e. The van der Waals surface area contributed by atoms with Crippen molar-refractivity contribution in [3.63, 3.8) is 0 Å². The number of aliphatic hydroxyl groups is 1. The molecule has 4 atom stereocenters. The first-order chi connectivity index (χ1) is 26.5. The lowest BCUT2D eigenvalue weighted by Gasteiger charge is -2.32. The largest absolute Gasteiger partial charge is 0.432 e. The van der Waals surface area contributed by atoms with Gasteiger partial charge in [0.25, 0.3) is 5.91 Å². The molecule has 4 aromatic carbocycles. The zero-order valence-electron chi connectivity index (χ0n) is 31.1. The lowest BCUT2D eigenvalue weighted by Crippen LogP contribution is -2.46. The summed E-state index contributed by atoms with van der Waals surface area (Å²) in [6, 6.07) is 28.6. The van der Waals surface area contributed by atoms with Gasteiger partial charge < -0.3 is 40.1 Å². The Bertz CT molecular complexity index is 2420. The number of aromatic nitrogens is 2. The highest BCUT2D eigenvalue weighted by Crippen LogP contribution is 2.60. The van der Waals surface area contributed by atoms with Gasteiger partial charge in [-0.15, -0.1) is 0 Å². The van der Waals surface area contributed by atoms with Crippen molar-refractivity contribution in [2.24, 2.45) is 5.92 Å². The number of nitrogens with one attached hydrogen (secondary N) is 4. The van der Waals surface area contributed by atoms with Gasteiger partial charge in [-0.05, 0) is 78.7 Å². The number of para-hydroxylation sites is 2. The highest BCUT2D eigenvalue weighted by atomic mass is 28.4. The average Bonchev–Trinajstić information content (AvgIpc) is 3.89. The van der Waals surface area contributed by atoms with Crippen LogP contribution in [0, 0.1) is 5.92 Å². The summed E-state index contributed by atoms with van der Waals surface area (Å²) in [5.41, 5.74) is 5.27. The number of carbonyl (C=O) groups is 3. The van der Waals surface area contributed by atoms with E-state index in [1.54, 1.807) is 11.0 Å². The van der Waals surface area contributed by atoms with Gasteiger partial charge in [-0.25, -0.2) is 0 Å². The Balaban J connectivity index is 1.06. The molecular formula is C43H45N5O6Si. The lowest BCUT2D eigenvalue weighted by atomic mass is 9.82. The number of hydrogen-bond donors (Lipinski definition) is 6. The first-order valence-electron chi connectivity index (χ1n) is 18.7. The smallest absolute Gasteiger partial charge is 0.264 e. The fourth-order valence-electron chi connectivity index (χ4n) is 8.90. The van der Waals surface area contributed by atoms with Crippen molar-refractivity contribution in [1.29, 1.82) is 0 Å². The molecule has 1 fully saturated rings. The molecule has 6 N–H and O–H groups in total. The fourth-order valence-corrected chi connectivity index (χ4v) is 11.5. The number of H-pyrrole nitrogens is 2. The summed E-state index contributed by atoms with van der Waals surface area (Å²) in [6.07, 6.45) is 3.85. The van der Waals surface area contributed by atoms with E-state index in [1.165, 1.54) is 0 Å². The average molecular weight is 756 g/mol. The van der Waals surface area contributed by atoms with Gasteiger partial charge in [-0.3, -0.25) is 14.4 Å². The molecule has 2 aliphatic rings. The molecule has 4 heterocycles. The summed E-state index contributed by atoms with van der Waals surface area (Å²) in [4.78, 5) is 60.9. The number of rotatable bonds is 11. The van der Waals surface area contributed by atoms with Crippen molar-refractivity contribution in [1.82, 2.24) is 9.97 Å². The molecule has 0 unspecified atom stereocenters. The van der Waals surface area contributed by atoms with Gasteiger partial charge in [0.15, 0.2) is 13.9 Å². The van der Waals surface area contributed by atoms with E-state index in [4.69, 9.17) is 4.74 Å². The van der Waals surface area contributed by atoms with Crippen LogP contribution in [0.25, 0.3) is 21.8 Å². The van der Waals surface area contributed by atoms with E-state index in [0.29, 0.717) is 22.6 Å². The summed E-state index contributed by atoms with van der Waals surface area (Å²) in [6.45, 7) is 5.74. The zero-order chi connectivity index (χ0) is 38.5. The second-order valence-electron chi connectivity index (χ2n) is 15.4. The number of anilines is 3. The Kier molecular flexibility index (Phi) is 9.46. The van der Waals surface area contributed by atoms with E-state index in [-0.39, 0.29) is 55.7 Å². The molecule has 0 saturated carbocycles. The monoisotopic (exact) mass is 755 g/mol. The van der Waals surface area contributed by atoms with E-state index < -0.39 is 25.9 Å². The summed E-state index contributed by atoms with van der Waals surface area (Å²) in [7, 11) is -2.90. The minimum Gasteiger partial charge on any atom is -0.432 e. The summed E-state index contributed by atoms with van der Waals surface area (Å²) in [5, 5.41) is 18.0. The zero-order valence-corrected chi connectivity index (χ0v) is 32.1. The standard InChI is InChI=1S/C43H45N5O6Si/c1-26-41(55(2,3)53)38(18-19-49)54-43(26)34-22-31(47-40(51)21-29-24-45-36-11-7-5-9-33(29)36)16-17-37(34)48(42(43)52)25-27-12-14-30(15-13-27)46-39(50)20-28-23-44-35-10-6-4-8-32(28)35/h4-17,22-24,26,38,41,44-45,49,53H,18-21,25H2,1-3H3,(H,46,50)(H,47,51)/t26-,38+,41-,43+/m1/s1. The van der Waals surface area contributed by atoms with Crippen LogP contribution in [0.2, 0.25) is 18.6 Å². The van der Waals surface area contributed by atoms with Crippen molar-refractivity contribution >= 4 is 64.9 Å². The number of benzene rings is 4. The molecule has 1 saturated heterocycles. The van der Waals surface area contributed by atoms with E-state index in [1.807, 2.05) is 117 Å². The predicted molar refractivity (Wildman–Crippen MR) is 216 cm³/mol. The number of nitrogens with zero attached hydrogens (tertiary/aromatic N) is 1. The normalized spacial score (nSPS) is 20.8. The molecule has 6 aromatic rings. The first-order valence-corrected chi connectivity index (χ1v) is 21.7. The summed E-state index contributed by atoms with van der Waals surface area (Å²) >= 11 is 0. The predicted octanol–water partition coefficient (Wildman–Crippen LogP) is 6.74. The van der Waals surface area contributed by atoms with Crippen molar-refractivity contribution < 1.29 is 29.0 Å². The second-order valence-corrected chi connectivity index (χ2v) is 19.3. The van der Waals surface area contributed by atoms with Crippen LogP contribution in [0.15, 0.2) is 103 Å². The summed E-state index contributed by atoms with van der Waals surface area (Å²) in [5.74, 6) is -1.01. The molecule has 12 heteroatoms. The van der Waals surface area contributed by atoms with E-state index >= 15 is 0 Å². The van der Waals surface area contributed by atoms with Gasteiger partial charge in [0.2, 0.25) is 11.8 Å². The summed E-state index contributed by atoms with van der Waals surface area (Å²) < 4.78 is 6.79. The molecule has 282 valence electrons. The highest BCUT2D eigenvalue weighted by Gasteiger charge is 2.66. The minimum atomic E-state index is -2.90. The molecule has 3 amide bonds. The number of aromatic amines is 2. The van der Waals surface area contributed by atoms with Crippen molar-refractivity contribution in [3.05, 3.63) is 126 Å². The topological polar surface area (TPSA) is 160 Å². The van der Waals surface area contributed by atoms with Gasteiger partial charge in [-0.1, -0.05) is 55.5 Å². The van der Waals surface area contributed by atoms with Crippen LogP contribution in [0.4, 0.5) is 17.1 Å². The van der Waals surface area contributed by atoms with Crippen LogP contribution in [-0.2, 0) is 44.1 Å². The van der Waals surface area contributed by atoms with Gasteiger partial charge >= 0.3 is 0 Å². The van der Waals surface area contributed by atoms with E-state index in [0.717, 1.165) is 38.5 Å². The first kappa shape index (κ1) is 36.4. The molecule has 0 aliphatic carbocycles. The van der Waals surface area contributed by atoms with Crippen LogP contribution in [-0.4, -0.2) is 58.6 Å². The fraction of sp³-hybridized carbons (Fsp3) is 0.279. The number of carbonyl (C=O) groups excluding carboxylic acids is 3. The van der Waals surface area contributed by atoms with Crippen molar-refractivity contribution in [2.75, 3.05) is 22.1 Å². The van der Waals surface area contributed by atoms with Crippen LogP contribution >= 0.6 is 0 Å². The van der Waals surface area contributed by atoms with Crippen LogP contribution in [0.1, 0.15) is 35.6 Å². The Morgan fingerprint density at radius 3 is 1.98 bits per heavy atom. The molecule has 0 radical (unpaired) electrons. The molecule has 8 rings (SSSR count). The molecule has 55 heavy (non-hydrogen) atoms. The molecule has 0 bridgehead atoms. The molecule has 2 aromatic heterocycles. The van der Waals surface area contributed by atoms with Crippen LogP contribution < -0.4 is 15.5 Å². The van der Waals surface area contributed by atoms with E-state index in [2.05, 4.69) is 20.6 Å². The van der Waals surface area contributed by atoms with Gasteiger partial charge in [0, 0.05) is 69.2 Å². The Hall–Kier alpha value is -5.53. The van der Waals surface area contributed by atoms with Crippen LogP contribution in [0.3, 0.4) is 0 Å². The quantitative estimate of drug-likeness (QED) is 0.0804. The third-order valence-electron chi connectivity index (χ3n) is 11.3. The number of ether oxygens (including phenoxy) is 1. The molecule has 1 spiro atoms. The number of amides is 3. The Morgan fingerprint density at radius 1 is 0.836 bits per heavy atom. The minimum absolute atomic E-state index is 0.137. The van der Waals surface area contributed by atoms with Gasteiger partial charge in [-0.2, -0.15) is 0 Å². The third-order valence-corrected chi connectivity index (χ3v) is 13.8. The highest BCUT2D eigenvalue weighted by molar-refractivity contribution is 6.71. The van der Waals surface area contributed by atoms with Crippen LogP contribution in [0.5, 0.6) is 0 Å². The maximum absolute atomic E-state index is 14.9. The number of hydrogen-bond acceptors (Lipinski definition) is 6. The third kappa shape index (κ3) is 6.65. The molecular weight excluding hydrogens is 711 g/mol. The SMILES string of the molecule is C[C@@H]1[C@@H]([Si](C)(C)O)[C@H](CCO)O[C@@]12C(=O)N(Cc1ccc(NC(=O)Cc3c[nH]c4ccccc34)cc1)c1ccc(NC(=O)Cc3c[nH]c4ccccc34)cc12. The van der Waals surface area contributed by atoms with Gasteiger partial charge in [0.1, 0.15) is 0 Å². The molecule has 2 aliphatic heterocycles. The number of aliphatic hydroxyl groups excluding tert-OH is 1. The Morgan fingerprint density at radius 2 is 1.40 bits per heavy atom. The van der Waals surface area contributed by atoms with Crippen molar-refractivity contribution in [3.8, 4) is 0 Å². The molecule has 11 nitrogen and oxygen atoms in total. The lowest BCUT2D eigenvalue weighted by molar-refractivity contribution is -0.146. The maximum atomic E-state index is 14.9.